The molecule has 1 aromatic rings. The number of ether oxygens (including phenoxy) is 1. The second-order valence-corrected chi connectivity index (χ2v) is 4.79. The van der Waals surface area contributed by atoms with E-state index in [0.717, 1.165) is 11.3 Å². The van der Waals surface area contributed by atoms with E-state index in [2.05, 4.69) is 10.8 Å². The topological polar surface area (TPSA) is 50.1 Å². The molecule has 0 spiro atoms. The Balaban J connectivity index is 2.54. The molecule has 0 amide bonds. The van der Waals surface area contributed by atoms with Crippen LogP contribution >= 0.6 is 11.8 Å². The molecule has 0 aliphatic heterocycles. The van der Waals surface area contributed by atoms with Crippen molar-refractivity contribution in [1.82, 2.24) is 0 Å². The molecule has 0 saturated heterocycles. The van der Waals surface area contributed by atoms with Crippen LogP contribution in [0, 0.1) is 17.2 Å². The summed E-state index contributed by atoms with van der Waals surface area (Å²) in [7, 11) is 1.34. The molecular weight excluding hydrogens is 234 g/mol. The van der Waals surface area contributed by atoms with Gasteiger partial charge in [0.1, 0.15) is 5.25 Å². The number of benzene rings is 1. The molecule has 0 radical (unpaired) electrons. The first kappa shape index (κ1) is 13.6. The molecule has 0 aromatic heterocycles. The van der Waals surface area contributed by atoms with Gasteiger partial charge in [-0.1, -0.05) is 30.3 Å². The lowest BCUT2D eigenvalue weighted by molar-refractivity contribution is -0.144. The van der Waals surface area contributed by atoms with E-state index in [1.54, 1.807) is 6.92 Å². The summed E-state index contributed by atoms with van der Waals surface area (Å²) in [6, 6.07) is 12.0. The third kappa shape index (κ3) is 4.12. The lowest BCUT2D eigenvalue weighted by atomic mass is 10.1. The quantitative estimate of drug-likeness (QED) is 0.753. The van der Waals surface area contributed by atoms with Gasteiger partial charge in [0.25, 0.3) is 0 Å². The Kier molecular flexibility index (Phi) is 5.58. The second-order valence-electron chi connectivity index (χ2n) is 3.66. The average Bonchev–Trinajstić information content (AvgIpc) is 2.39. The molecule has 1 aromatic carbocycles. The molecule has 2 unspecified atom stereocenters. The van der Waals surface area contributed by atoms with Crippen molar-refractivity contribution in [3.05, 3.63) is 35.9 Å². The van der Waals surface area contributed by atoms with Crippen molar-refractivity contribution in [2.24, 2.45) is 5.92 Å². The number of carbonyl (C=O) groups excluding carboxylic acids is 1. The zero-order valence-corrected chi connectivity index (χ0v) is 10.7. The van der Waals surface area contributed by atoms with Crippen molar-refractivity contribution in [1.29, 1.82) is 5.26 Å². The Morgan fingerprint density at radius 1 is 1.47 bits per heavy atom. The summed E-state index contributed by atoms with van der Waals surface area (Å²) in [5, 5.41) is 8.67. The van der Waals surface area contributed by atoms with Gasteiger partial charge in [-0.15, -0.1) is 11.8 Å². The predicted molar refractivity (Wildman–Crippen MR) is 68.3 cm³/mol. The van der Waals surface area contributed by atoms with Crippen molar-refractivity contribution in [2.45, 2.75) is 17.9 Å². The predicted octanol–water partition coefficient (Wildman–Crippen LogP) is 2.62. The van der Waals surface area contributed by atoms with Crippen LogP contribution < -0.4 is 0 Å². The zero-order chi connectivity index (χ0) is 12.7. The minimum atomic E-state index is -0.404. The van der Waals surface area contributed by atoms with Crippen LogP contribution in [0.1, 0.15) is 12.5 Å². The Morgan fingerprint density at radius 3 is 2.65 bits per heavy atom. The summed E-state index contributed by atoms with van der Waals surface area (Å²) in [6.45, 7) is 1.72. The van der Waals surface area contributed by atoms with Crippen LogP contribution in [-0.4, -0.2) is 18.3 Å². The van der Waals surface area contributed by atoms with Gasteiger partial charge in [0.2, 0.25) is 0 Å². The summed E-state index contributed by atoms with van der Waals surface area (Å²) < 4.78 is 4.64. The summed E-state index contributed by atoms with van der Waals surface area (Å²) >= 11 is 1.46. The largest absolute Gasteiger partial charge is 0.469 e. The maximum atomic E-state index is 11.3. The molecule has 0 fully saturated rings. The van der Waals surface area contributed by atoms with Crippen molar-refractivity contribution < 1.29 is 9.53 Å². The fourth-order valence-corrected chi connectivity index (χ4v) is 2.40. The molecule has 0 heterocycles. The highest BCUT2D eigenvalue weighted by atomic mass is 32.2. The number of methoxy groups -OCH3 is 1. The monoisotopic (exact) mass is 249 g/mol. The highest BCUT2D eigenvalue weighted by Gasteiger charge is 2.24. The van der Waals surface area contributed by atoms with Gasteiger partial charge in [0, 0.05) is 5.75 Å². The third-order valence-electron chi connectivity index (χ3n) is 2.43. The first-order chi connectivity index (χ1) is 8.19. The van der Waals surface area contributed by atoms with Crippen molar-refractivity contribution in [2.75, 3.05) is 7.11 Å². The van der Waals surface area contributed by atoms with Crippen LogP contribution in [0.5, 0.6) is 0 Å². The van der Waals surface area contributed by atoms with Gasteiger partial charge in [-0.25, -0.2) is 0 Å². The van der Waals surface area contributed by atoms with Crippen LogP contribution in [0.3, 0.4) is 0 Å². The van der Waals surface area contributed by atoms with Crippen LogP contribution in [0.25, 0.3) is 0 Å². The Labute approximate surface area is 106 Å². The molecule has 0 N–H and O–H groups in total. The van der Waals surface area contributed by atoms with Crippen LogP contribution in [-0.2, 0) is 15.3 Å². The molecule has 0 bridgehead atoms. The molecule has 1 rings (SSSR count). The van der Waals surface area contributed by atoms with Gasteiger partial charge in [0.15, 0.2) is 0 Å². The van der Waals surface area contributed by atoms with Gasteiger partial charge in [-0.2, -0.15) is 5.26 Å². The first-order valence-corrected chi connectivity index (χ1v) is 6.37. The molecule has 0 saturated carbocycles. The van der Waals surface area contributed by atoms with Crippen molar-refractivity contribution in [3.8, 4) is 6.07 Å². The highest BCUT2D eigenvalue weighted by Crippen LogP contribution is 2.24. The number of esters is 1. The lowest BCUT2D eigenvalue weighted by Gasteiger charge is -2.14. The van der Waals surface area contributed by atoms with Crippen LogP contribution in [0.2, 0.25) is 0 Å². The molecule has 2 atom stereocenters. The second kappa shape index (κ2) is 6.97. The molecule has 4 heteroatoms. The first-order valence-electron chi connectivity index (χ1n) is 5.32. The molecule has 0 aliphatic carbocycles. The van der Waals surface area contributed by atoms with Gasteiger partial charge in [-0.3, -0.25) is 4.79 Å². The Hall–Kier alpha value is -1.47. The number of nitriles is 1. The van der Waals surface area contributed by atoms with E-state index < -0.39 is 5.92 Å². The maximum Gasteiger partial charge on any atom is 0.310 e. The lowest BCUT2D eigenvalue weighted by Crippen LogP contribution is -2.23. The van der Waals surface area contributed by atoms with E-state index in [9.17, 15) is 4.79 Å². The smallest absolute Gasteiger partial charge is 0.310 e. The average molecular weight is 249 g/mol. The number of rotatable bonds is 5. The molecule has 17 heavy (non-hydrogen) atoms. The highest BCUT2D eigenvalue weighted by molar-refractivity contribution is 7.99. The molecule has 90 valence electrons. The summed E-state index contributed by atoms with van der Waals surface area (Å²) in [5.74, 6) is -0.0174. The number of nitrogens with zero attached hydrogens (tertiary/aromatic N) is 1. The minimum Gasteiger partial charge on any atom is -0.469 e. The summed E-state index contributed by atoms with van der Waals surface area (Å²) in [6.07, 6.45) is 0. The van der Waals surface area contributed by atoms with E-state index in [4.69, 9.17) is 5.26 Å². The number of thioether (sulfide) groups is 1. The van der Waals surface area contributed by atoms with E-state index in [1.807, 2.05) is 30.3 Å². The minimum absolute atomic E-state index is 0.336. The van der Waals surface area contributed by atoms with Crippen molar-refractivity contribution in [3.63, 3.8) is 0 Å². The van der Waals surface area contributed by atoms with Crippen LogP contribution in [0.4, 0.5) is 0 Å². The SMILES string of the molecule is COC(=O)C(C)C(C#N)SCc1ccccc1. The Morgan fingerprint density at radius 2 is 2.12 bits per heavy atom. The van der Waals surface area contributed by atoms with Gasteiger partial charge >= 0.3 is 5.97 Å². The Bertz CT molecular complexity index is 400. The normalized spacial score (nSPS) is 13.5. The van der Waals surface area contributed by atoms with E-state index in [0.29, 0.717) is 0 Å². The van der Waals surface area contributed by atoms with E-state index in [-0.39, 0.29) is 11.2 Å². The van der Waals surface area contributed by atoms with Gasteiger partial charge < -0.3 is 4.74 Å². The maximum absolute atomic E-state index is 11.3. The fraction of sp³-hybridized carbons (Fsp3) is 0.385. The zero-order valence-electron chi connectivity index (χ0n) is 9.92. The molecular formula is C13H15NO2S. The number of hydrogen-bond donors (Lipinski definition) is 0. The fourth-order valence-electron chi connectivity index (χ4n) is 1.36. The molecule has 3 nitrogen and oxygen atoms in total. The van der Waals surface area contributed by atoms with E-state index in [1.165, 1.54) is 18.9 Å². The van der Waals surface area contributed by atoms with Crippen LogP contribution in [0.15, 0.2) is 30.3 Å². The van der Waals surface area contributed by atoms with Crippen molar-refractivity contribution >= 4 is 17.7 Å². The molecule has 0 aliphatic rings. The van der Waals surface area contributed by atoms with Gasteiger partial charge in [0.05, 0.1) is 19.1 Å². The van der Waals surface area contributed by atoms with Gasteiger partial charge in [-0.05, 0) is 12.5 Å². The number of hydrogen-bond acceptors (Lipinski definition) is 4. The van der Waals surface area contributed by atoms with E-state index >= 15 is 0 Å². The number of carbonyl (C=O) groups is 1. The summed E-state index contributed by atoms with van der Waals surface area (Å²) in [5.41, 5.74) is 1.15. The third-order valence-corrected chi connectivity index (χ3v) is 3.80. The summed E-state index contributed by atoms with van der Waals surface area (Å²) in [4.78, 5) is 11.3. The standard InChI is InChI=1S/C13H15NO2S/c1-10(13(15)16-2)12(8-14)17-9-11-6-4-3-5-7-11/h3-7,10,12H,9H2,1-2H3.